The third-order valence-corrected chi connectivity index (χ3v) is 2.06. The van der Waals surface area contributed by atoms with E-state index in [1.807, 2.05) is 6.92 Å². The molecule has 2 N–H and O–H groups in total. The van der Waals surface area contributed by atoms with Crippen LogP contribution in [0.2, 0.25) is 0 Å². The lowest BCUT2D eigenvalue weighted by Crippen LogP contribution is -2.05. The van der Waals surface area contributed by atoms with Crippen LogP contribution in [0.15, 0.2) is 0 Å². The third-order valence-electron chi connectivity index (χ3n) is 1.57. The Bertz CT molecular complexity index is 166. The molecule has 0 aliphatic carbocycles. The van der Waals surface area contributed by atoms with Gasteiger partial charge in [-0.25, -0.2) is 4.57 Å². The Morgan fingerprint density at radius 3 is 2.54 bits per heavy atom. The Morgan fingerprint density at radius 2 is 2.08 bits per heavy atom. The molecule has 0 amide bonds. The van der Waals surface area contributed by atoms with E-state index >= 15 is 0 Å². The topological polar surface area (TPSA) is 76.0 Å². The molecule has 0 aromatic heterocycles. The maximum Gasteiger partial charge on any atom is 0.469 e. The molecule has 0 rings (SSSR count). The summed E-state index contributed by atoms with van der Waals surface area (Å²) in [6.45, 7) is 2.64. The zero-order chi connectivity index (χ0) is 10.3. The molecule has 0 spiro atoms. The number of rotatable bonds is 7. The van der Waals surface area contributed by atoms with Crippen molar-refractivity contribution in [3.8, 4) is 0 Å². The Morgan fingerprint density at radius 1 is 1.46 bits per heavy atom. The lowest BCUT2D eigenvalue weighted by molar-refractivity contribution is 0.155. The van der Waals surface area contributed by atoms with Crippen molar-refractivity contribution in [3.05, 3.63) is 0 Å². The van der Waals surface area contributed by atoms with E-state index in [0.717, 1.165) is 12.8 Å². The van der Waals surface area contributed by atoms with Gasteiger partial charge in [0.2, 0.25) is 0 Å². The van der Waals surface area contributed by atoms with Crippen molar-refractivity contribution in [2.75, 3.05) is 20.3 Å². The molecule has 1 atom stereocenters. The molecule has 0 saturated heterocycles. The number of hydrogen-bond donors (Lipinski definition) is 2. The van der Waals surface area contributed by atoms with Crippen LogP contribution in [0.1, 0.15) is 19.8 Å². The molecule has 0 unspecified atom stereocenters. The van der Waals surface area contributed by atoms with Crippen molar-refractivity contribution >= 4 is 7.82 Å². The maximum absolute atomic E-state index is 10.3. The Labute approximate surface area is 78.3 Å². The number of phosphoric acid groups is 1. The highest BCUT2D eigenvalue weighted by molar-refractivity contribution is 7.46. The fraction of sp³-hybridized carbons (Fsp3) is 1.00. The summed E-state index contributed by atoms with van der Waals surface area (Å²) in [4.78, 5) is 16.8. The first-order chi connectivity index (χ1) is 5.95. The number of phosphoric ester groups is 1. The molecule has 0 aromatic rings. The van der Waals surface area contributed by atoms with Gasteiger partial charge in [0, 0.05) is 13.7 Å². The number of ether oxygens (including phenoxy) is 1. The van der Waals surface area contributed by atoms with Gasteiger partial charge in [-0.05, 0) is 18.8 Å². The number of methoxy groups -OCH3 is 1. The standard InChI is InChI=1S/C7H17O5P/c1-7(4-3-5-11-2)6-12-13(8,9)10/h7H,3-6H2,1-2H3,(H2,8,9,10)/t7-/m1/s1. The van der Waals surface area contributed by atoms with Gasteiger partial charge in [0.1, 0.15) is 0 Å². The zero-order valence-electron chi connectivity index (χ0n) is 7.97. The summed E-state index contributed by atoms with van der Waals surface area (Å²) in [7, 11) is -2.67. The van der Waals surface area contributed by atoms with E-state index in [1.54, 1.807) is 7.11 Å². The molecular formula is C7H17O5P. The van der Waals surface area contributed by atoms with Crippen molar-refractivity contribution in [2.24, 2.45) is 5.92 Å². The molecule has 0 aliphatic rings. The van der Waals surface area contributed by atoms with Crippen LogP contribution < -0.4 is 0 Å². The summed E-state index contributed by atoms with van der Waals surface area (Å²) in [5.41, 5.74) is 0. The zero-order valence-corrected chi connectivity index (χ0v) is 8.87. The summed E-state index contributed by atoms with van der Waals surface area (Å²) < 4.78 is 19.5. The molecule has 6 heteroatoms. The fourth-order valence-electron chi connectivity index (χ4n) is 0.884. The van der Waals surface area contributed by atoms with Crippen LogP contribution in [-0.2, 0) is 13.8 Å². The molecule has 0 radical (unpaired) electrons. The van der Waals surface area contributed by atoms with Gasteiger partial charge in [0.15, 0.2) is 0 Å². The summed E-state index contributed by atoms with van der Waals surface area (Å²) in [5, 5.41) is 0. The van der Waals surface area contributed by atoms with E-state index in [1.165, 1.54) is 0 Å². The second-order valence-corrected chi connectivity index (χ2v) is 4.27. The van der Waals surface area contributed by atoms with Gasteiger partial charge >= 0.3 is 7.82 Å². The van der Waals surface area contributed by atoms with Gasteiger partial charge in [0.25, 0.3) is 0 Å². The predicted octanol–water partition coefficient (Wildman–Crippen LogP) is 1.16. The van der Waals surface area contributed by atoms with Gasteiger partial charge < -0.3 is 14.5 Å². The lowest BCUT2D eigenvalue weighted by Gasteiger charge is -2.11. The monoisotopic (exact) mass is 212 g/mol. The van der Waals surface area contributed by atoms with Gasteiger partial charge in [-0.15, -0.1) is 0 Å². The van der Waals surface area contributed by atoms with Crippen LogP contribution in [0.25, 0.3) is 0 Å². The highest BCUT2D eigenvalue weighted by atomic mass is 31.2. The lowest BCUT2D eigenvalue weighted by atomic mass is 10.1. The van der Waals surface area contributed by atoms with E-state index in [2.05, 4.69) is 4.52 Å². The molecule has 80 valence electrons. The molecule has 0 aliphatic heterocycles. The Kier molecular flexibility index (Phi) is 6.55. The van der Waals surface area contributed by atoms with Crippen LogP contribution in [0.5, 0.6) is 0 Å². The summed E-state index contributed by atoms with van der Waals surface area (Å²) in [5.74, 6) is 0.141. The van der Waals surface area contributed by atoms with Crippen LogP contribution in [-0.4, -0.2) is 30.1 Å². The molecule has 13 heavy (non-hydrogen) atoms. The minimum absolute atomic E-state index is 0.0913. The first-order valence-corrected chi connectivity index (χ1v) is 5.67. The van der Waals surface area contributed by atoms with Crippen molar-refractivity contribution in [2.45, 2.75) is 19.8 Å². The molecule has 5 nitrogen and oxygen atoms in total. The average Bonchev–Trinajstić information content (AvgIpc) is 2.00. The van der Waals surface area contributed by atoms with Crippen LogP contribution in [0.4, 0.5) is 0 Å². The highest BCUT2D eigenvalue weighted by Gasteiger charge is 2.15. The first-order valence-electron chi connectivity index (χ1n) is 4.14. The normalized spacial score (nSPS) is 14.5. The van der Waals surface area contributed by atoms with E-state index in [4.69, 9.17) is 14.5 Å². The van der Waals surface area contributed by atoms with Gasteiger partial charge in [-0.2, -0.15) is 0 Å². The van der Waals surface area contributed by atoms with Crippen molar-refractivity contribution < 1.29 is 23.6 Å². The highest BCUT2D eigenvalue weighted by Crippen LogP contribution is 2.36. The van der Waals surface area contributed by atoms with Crippen LogP contribution in [0.3, 0.4) is 0 Å². The fourth-order valence-corrected chi connectivity index (χ4v) is 1.33. The summed E-state index contributed by atoms with van der Waals surface area (Å²) >= 11 is 0. The molecule has 0 aromatic carbocycles. The number of hydrogen-bond acceptors (Lipinski definition) is 3. The van der Waals surface area contributed by atoms with E-state index in [0.29, 0.717) is 6.61 Å². The Hall–Kier alpha value is 0.0700. The molecule has 0 saturated carbocycles. The minimum Gasteiger partial charge on any atom is -0.385 e. The van der Waals surface area contributed by atoms with Crippen LogP contribution in [0, 0.1) is 5.92 Å². The Balaban J connectivity index is 3.40. The van der Waals surface area contributed by atoms with Gasteiger partial charge in [0.05, 0.1) is 6.61 Å². The molecule has 0 heterocycles. The second kappa shape index (κ2) is 6.51. The summed E-state index contributed by atoms with van der Waals surface area (Å²) in [6.07, 6.45) is 1.72. The quantitative estimate of drug-likeness (QED) is 0.489. The second-order valence-electron chi connectivity index (χ2n) is 3.03. The third kappa shape index (κ3) is 9.99. The predicted molar refractivity (Wildman–Crippen MR) is 48.3 cm³/mol. The van der Waals surface area contributed by atoms with E-state index < -0.39 is 7.82 Å². The van der Waals surface area contributed by atoms with E-state index in [9.17, 15) is 4.57 Å². The van der Waals surface area contributed by atoms with Crippen LogP contribution >= 0.6 is 7.82 Å². The molecular weight excluding hydrogens is 195 g/mol. The average molecular weight is 212 g/mol. The summed E-state index contributed by atoms with van der Waals surface area (Å²) in [6, 6.07) is 0. The molecule has 0 fully saturated rings. The van der Waals surface area contributed by atoms with E-state index in [-0.39, 0.29) is 12.5 Å². The molecule has 0 bridgehead atoms. The van der Waals surface area contributed by atoms with Gasteiger partial charge in [-0.1, -0.05) is 6.92 Å². The largest absolute Gasteiger partial charge is 0.469 e. The minimum atomic E-state index is -4.29. The van der Waals surface area contributed by atoms with Crippen molar-refractivity contribution in [3.63, 3.8) is 0 Å². The first kappa shape index (κ1) is 13.1. The van der Waals surface area contributed by atoms with Crippen molar-refractivity contribution in [1.82, 2.24) is 0 Å². The van der Waals surface area contributed by atoms with Crippen molar-refractivity contribution in [1.29, 1.82) is 0 Å². The van der Waals surface area contributed by atoms with Gasteiger partial charge in [-0.3, -0.25) is 4.52 Å². The maximum atomic E-state index is 10.3. The smallest absolute Gasteiger partial charge is 0.385 e. The SMILES string of the molecule is COCCC[C@@H](C)COP(=O)(O)O.